The lowest BCUT2D eigenvalue weighted by Gasteiger charge is -2.39. The smallest absolute Gasteiger partial charge is 0.308 e. The Morgan fingerprint density at radius 2 is 1.12 bits per heavy atom. The molecule has 0 saturated carbocycles. The molecule has 12 amide bonds. The van der Waals surface area contributed by atoms with Crippen LogP contribution >= 0.6 is 0 Å². The summed E-state index contributed by atoms with van der Waals surface area (Å²) in [4.78, 5) is 206. The third kappa shape index (κ3) is 24.6. The molecule has 0 radical (unpaired) electrons. The zero-order valence-electron chi connectivity index (χ0n) is 52.4. The molecule has 3 aliphatic heterocycles. The van der Waals surface area contributed by atoms with Crippen LogP contribution in [0.5, 0.6) is 0 Å². The van der Waals surface area contributed by atoms with E-state index in [-0.39, 0.29) is 51.6 Å². The average Bonchev–Trinajstić information content (AvgIpc) is 2.46. The van der Waals surface area contributed by atoms with Crippen LogP contribution in [0.1, 0.15) is 145 Å². The summed E-state index contributed by atoms with van der Waals surface area (Å²) in [6.07, 6.45) is 9.14. The Kier molecular flexibility index (Phi) is 31.8. The molecule has 32 heteroatoms. The van der Waals surface area contributed by atoms with Crippen molar-refractivity contribution in [3.05, 3.63) is 12.2 Å². The minimum Gasteiger partial charge on any atom is -0.481 e. The number of nitrogens with two attached hydrogens (primary N) is 2. The summed E-state index contributed by atoms with van der Waals surface area (Å²) in [6.45, 7) is 8.59. The first-order valence-corrected chi connectivity index (χ1v) is 30.7. The summed E-state index contributed by atoms with van der Waals surface area (Å²) in [6, 6.07) is -17.6. The van der Waals surface area contributed by atoms with E-state index in [2.05, 4.69) is 61.7 Å². The van der Waals surface area contributed by atoms with Gasteiger partial charge >= 0.3 is 17.9 Å². The number of allylic oxidation sites excluding steroid dienone is 1. The highest BCUT2D eigenvalue weighted by Gasteiger charge is 2.45. The molecule has 3 fully saturated rings. The van der Waals surface area contributed by atoms with Crippen LogP contribution in [0.4, 0.5) is 0 Å². The van der Waals surface area contributed by atoms with Gasteiger partial charge in [-0.15, -0.1) is 0 Å². The standard InChI is InChI=1S/C58H94N14O18/c1-30(2)19-14-12-10-8-9-11-13-15-22-40(73)65-37(27-59)51(82)70-48-34(7)63-52(83)39-21-18-24-72(39)56(87)45(31(3)4)68-55(86)47(33(6)60)67-42(75)29-62-49(80)35(25-43(76)77)64-41(74)28-61-50(81)36(26-44(78)79)66-54(85)46(32(5)58(89)90)69-53(84)38-20-16-17-23-71(38)57(48)88/h13,15,30-39,45-48H,8-12,14,16-29,59-60H2,1-7H3,(H,61,81)(H,62,80)(H,63,83)(H,64,74)(H,65,73)(H,66,85)(H,67,75)(H,68,86)(H,69,84)(H,70,82)(H,76,77)(H,78,79)(H,89,90)/b15-13-. The average molecular weight is 1280 g/mol. The van der Waals surface area contributed by atoms with Crippen LogP contribution in [-0.2, 0) is 71.9 Å². The van der Waals surface area contributed by atoms with Gasteiger partial charge in [-0.25, -0.2) is 0 Å². The molecule has 3 rings (SSSR count). The normalized spacial score (nSPS) is 25.5. The van der Waals surface area contributed by atoms with Crippen molar-refractivity contribution in [2.45, 2.75) is 211 Å². The van der Waals surface area contributed by atoms with Crippen LogP contribution < -0.4 is 64.6 Å². The molecule has 12 unspecified atom stereocenters. The number of rotatable bonds is 22. The number of carbonyl (C=O) groups excluding carboxylic acids is 12. The van der Waals surface area contributed by atoms with Crippen molar-refractivity contribution in [2.24, 2.45) is 29.2 Å². The SMILES string of the molecule is CC(C)CCCCCCC/C=C\CC(=O)NC(CN)C(=O)NC1C(=O)N2CCCCC2C(=O)NC(C(C)C(=O)O)C(=O)NC(CC(=O)O)C(=O)NCC(=O)NC(CC(=O)O)C(=O)NCC(=O)NC(C(C)N)C(=O)NC(C(C)C)C(=O)N2CCCC2C(=O)NC1C. The Morgan fingerprint density at radius 3 is 1.69 bits per heavy atom. The monoisotopic (exact) mass is 1270 g/mol. The van der Waals surface area contributed by atoms with Crippen molar-refractivity contribution >= 4 is 88.8 Å². The highest BCUT2D eigenvalue weighted by molar-refractivity contribution is 6.01. The van der Waals surface area contributed by atoms with Crippen LogP contribution in [0.15, 0.2) is 12.2 Å². The first kappa shape index (κ1) is 76.0. The lowest BCUT2D eigenvalue weighted by Crippen LogP contribution is -2.66. The predicted molar refractivity (Wildman–Crippen MR) is 321 cm³/mol. The van der Waals surface area contributed by atoms with Crippen LogP contribution in [0.25, 0.3) is 0 Å². The summed E-state index contributed by atoms with van der Waals surface area (Å²) < 4.78 is 0. The van der Waals surface area contributed by atoms with Crippen molar-refractivity contribution < 1.29 is 87.2 Å². The molecular weight excluding hydrogens is 1180 g/mol. The number of nitrogens with zero attached hydrogens (tertiary/aromatic N) is 2. The van der Waals surface area contributed by atoms with E-state index in [4.69, 9.17) is 11.5 Å². The number of nitrogens with one attached hydrogen (secondary N) is 10. The van der Waals surface area contributed by atoms with Crippen molar-refractivity contribution in [3.63, 3.8) is 0 Å². The fraction of sp³-hybridized carbons (Fsp3) is 0.707. The number of carboxylic acids is 3. The Labute approximate surface area is 522 Å². The molecule has 0 aromatic rings. The quantitative estimate of drug-likeness (QED) is 0.0369. The van der Waals surface area contributed by atoms with Crippen LogP contribution in [-0.4, -0.2) is 213 Å². The summed E-state index contributed by atoms with van der Waals surface area (Å²) in [5.74, 6) is -19.3. The molecule has 3 saturated heterocycles. The minimum absolute atomic E-state index is 0.00270. The number of fused-ring (bicyclic) bond motifs is 2. The van der Waals surface area contributed by atoms with Crippen molar-refractivity contribution in [3.8, 4) is 0 Å². The van der Waals surface area contributed by atoms with Gasteiger partial charge in [-0.05, 0) is 77.6 Å². The summed E-state index contributed by atoms with van der Waals surface area (Å²) >= 11 is 0. The molecule has 90 heavy (non-hydrogen) atoms. The van der Waals surface area contributed by atoms with Crippen LogP contribution in [0, 0.1) is 17.8 Å². The van der Waals surface area contributed by atoms with Crippen molar-refractivity contribution in [1.29, 1.82) is 0 Å². The number of carboxylic acid groups (broad SMARTS) is 3. The molecule has 0 aliphatic carbocycles. The van der Waals surface area contributed by atoms with Gasteiger partial charge in [-0.2, -0.15) is 0 Å². The first-order chi connectivity index (χ1) is 42.4. The van der Waals surface area contributed by atoms with E-state index in [0.29, 0.717) is 5.92 Å². The Balaban J connectivity index is 2.12. The number of piperidine rings is 1. The van der Waals surface area contributed by atoms with E-state index in [0.717, 1.165) is 50.3 Å². The van der Waals surface area contributed by atoms with Gasteiger partial charge in [0, 0.05) is 32.1 Å². The number of unbranched alkanes of at least 4 members (excludes halogenated alkanes) is 5. The number of aliphatic carboxylic acids is 3. The summed E-state index contributed by atoms with van der Waals surface area (Å²) in [5, 5.41) is 52.8. The lowest BCUT2D eigenvalue weighted by molar-refractivity contribution is -0.149. The van der Waals surface area contributed by atoms with E-state index >= 15 is 4.79 Å². The summed E-state index contributed by atoms with van der Waals surface area (Å²) in [5.41, 5.74) is 12.2. The maximum Gasteiger partial charge on any atom is 0.308 e. The third-order valence-corrected chi connectivity index (χ3v) is 15.6. The fourth-order valence-corrected chi connectivity index (χ4v) is 10.4. The Bertz CT molecular complexity index is 2620. The molecule has 32 nitrogen and oxygen atoms in total. The maximum atomic E-state index is 15.2. The van der Waals surface area contributed by atoms with Gasteiger partial charge in [0.2, 0.25) is 70.9 Å². The van der Waals surface area contributed by atoms with Gasteiger partial charge in [0.25, 0.3) is 0 Å². The number of hydrogen-bond donors (Lipinski definition) is 15. The third-order valence-electron chi connectivity index (χ3n) is 15.6. The highest BCUT2D eigenvalue weighted by atomic mass is 16.4. The largest absolute Gasteiger partial charge is 0.481 e. The maximum absolute atomic E-state index is 15.2. The topological polar surface area (TPSA) is 496 Å². The van der Waals surface area contributed by atoms with Gasteiger partial charge in [-0.1, -0.05) is 72.0 Å². The van der Waals surface area contributed by atoms with E-state index in [1.807, 2.05) is 11.4 Å². The van der Waals surface area contributed by atoms with Gasteiger partial charge in [-0.3, -0.25) is 71.9 Å². The van der Waals surface area contributed by atoms with Crippen LogP contribution in [0.3, 0.4) is 0 Å². The molecular formula is C58H94N14O18. The fourth-order valence-electron chi connectivity index (χ4n) is 10.4. The Morgan fingerprint density at radius 1 is 0.600 bits per heavy atom. The van der Waals surface area contributed by atoms with Gasteiger partial charge in [0.15, 0.2) is 0 Å². The zero-order chi connectivity index (χ0) is 67.5. The zero-order valence-corrected chi connectivity index (χ0v) is 52.4. The van der Waals surface area contributed by atoms with Gasteiger partial charge in [0.05, 0.1) is 37.9 Å². The van der Waals surface area contributed by atoms with E-state index in [9.17, 15) is 82.4 Å². The number of carbonyl (C=O) groups is 15. The molecule has 12 atom stereocenters. The van der Waals surface area contributed by atoms with Crippen molar-refractivity contribution in [2.75, 3.05) is 32.7 Å². The number of amides is 12. The van der Waals surface area contributed by atoms with E-state index in [1.54, 1.807) is 19.9 Å². The lowest BCUT2D eigenvalue weighted by atomic mass is 9.96. The van der Waals surface area contributed by atoms with E-state index < -0.39 is 200 Å². The molecule has 3 heterocycles. The molecule has 0 aromatic heterocycles. The van der Waals surface area contributed by atoms with Gasteiger partial charge in [0.1, 0.15) is 54.4 Å². The minimum atomic E-state index is -2.10. The van der Waals surface area contributed by atoms with E-state index in [1.165, 1.54) is 25.2 Å². The molecule has 3 aliphatic rings. The second-order valence-corrected chi connectivity index (χ2v) is 23.8. The predicted octanol–water partition coefficient (Wildman–Crippen LogP) is -3.53. The second-order valence-electron chi connectivity index (χ2n) is 23.8. The molecule has 0 aromatic carbocycles. The second kappa shape index (κ2) is 37.6. The number of hydrogen-bond acceptors (Lipinski definition) is 17. The summed E-state index contributed by atoms with van der Waals surface area (Å²) in [7, 11) is 0. The molecule has 0 spiro atoms. The molecule has 504 valence electrons. The van der Waals surface area contributed by atoms with Gasteiger partial charge < -0.3 is 89.8 Å². The molecule has 17 N–H and O–H groups in total. The van der Waals surface area contributed by atoms with Crippen LogP contribution in [0.2, 0.25) is 0 Å². The first-order valence-electron chi connectivity index (χ1n) is 30.7. The highest BCUT2D eigenvalue weighted by Crippen LogP contribution is 2.24. The Hall–Kier alpha value is -8.29. The van der Waals surface area contributed by atoms with Crippen molar-refractivity contribution in [1.82, 2.24) is 63.0 Å². The molecule has 0 bridgehead atoms.